The second-order valence-corrected chi connectivity index (χ2v) is 6.61. The summed E-state index contributed by atoms with van der Waals surface area (Å²) in [4.78, 5) is 19.2. The first-order valence-corrected chi connectivity index (χ1v) is 8.50. The number of piperidine rings is 1. The van der Waals surface area contributed by atoms with Crippen LogP contribution in [0.15, 0.2) is 34.9 Å². The van der Waals surface area contributed by atoms with Gasteiger partial charge in [-0.3, -0.25) is 4.79 Å². The SMILES string of the molecule is CCC1(CO)CCN(C(=O)c2ccc(-c3ccco3)nc2C)CC1. The molecule has 0 atom stereocenters. The van der Waals surface area contributed by atoms with Gasteiger partial charge in [0.1, 0.15) is 5.69 Å². The lowest BCUT2D eigenvalue weighted by atomic mass is 9.77. The third-order valence-electron chi connectivity index (χ3n) is 5.29. The number of likely N-dealkylation sites (tertiary alicyclic amines) is 1. The molecule has 5 heteroatoms. The fourth-order valence-corrected chi connectivity index (χ4v) is 3.33. The van der Waals surface area contributed by atoms with Crippen molar-refractivity contribution in [1.29, 1.82) is 0 Å². The van der Waals surface area contributed by atoms with Crippen LogP contribution in [0.4, 0.5) is 0 Å². The Balaban J connectivity index is 1.74. The van der Waals surface area contributed by atoms with E-state index in [9.17, 15) is 9.90 Å². The third kappa shape index (κ3) is 3.08. The number of amides is 1. The van der Waals surface area contributed by atoms with E-state index in [1.807, 2.05) is 36.1 Å². The molecule has 0 aliphatic carbocycles. The maximum atomic E-state index is 12.8. The summed E-state index contributed by atoms with van der Waals surface area (Å²) in [6, 6.07) is 7.33. The summed E-state index contributed by atoms with van der Waals surface area (Å²) in [7, 11) is 0. The molecule has 2 aromatic heterocycles. The molecule has 1 N–H and O–H groups in total. The second kappa shape index (κ2) is 6.77. The van der Waals surface area contributed by atoms with Crippen LogP contribution >= 0.6 is 0 Å². The van der Waals surface area contributed by atoms with Crippen LogP contribution in [0, 0.1) is 12.3 Å². The maximum Gasteiger partial charge on any atom is 0.255 e. The highest BCUT2D eigenvalue weighted by Crippen LogP contribution is 2.34. The Morgan fingerprint density at radius 3 is 2.62 bits per heavy atom. The Kier molecular flexibility index (Phi) is 4.71. The zero-order chi connectivity index (χ0) is 17.2. The molecule has 0 spiro atoms. The summed E-state index contributed by atoms with van der Waals surface area (Å²) in [6.07, 6.45) is 4.26. The number of hydrogen-bond donors (Lipinski definition) is 1. The first kappa shape index (κ1) is 16.7. The van der Waals surface area contributed by atoms with Crippen LogP contribution in [0.25, 0.3) is 11.5 Å². The number of aliphatic hydroxyl groups is 1. The number of furan rings is 1. The molecule has 0 radical (unpaired) electrons. The molecular formula is C19H24N2O3. The van der Waals surface area contributed by atoms with Crippen molar-refractivity contribution in [2.45, 2.75) is 33.1 Å². The quantitative estimate of drug-likeness (QED) is 0.935. The van der Waals surface area contributed by atoms with Gasteiger partial charge in [0.15, 0.2) is 5.76 Å². The molecular weight excluding hydrogens is 304 g/mol. The summed E-state index contributed by atoms with van der Waals surface area (Å²) >= 11 is 0. The van der Waals surface area contributed by atoms with Gasteiger partial charge in [-0.15, -0.1) is 0 Å². The van der Waals surface area contributed by atoms with E-state index in [-0.39, 0.29) is 17.9 Å². The molecule has 1 fully saturated rings. The zero-order valence-electron chi connectivity index (χ0n) is 14.3. The normalized spacial score (nSPS) is 17.0. The number of rotatable bonds is 4. The topological polar surface area (TPSA) is 66.6 Å². The first-order valence-electron chi connectivity index (χ1n) is 8.50. The summed E-state index contributed by atoms with van der Waals surface area (Å²) in [5.74, 6) is 0.722. The second-order valence-electron chi connectivity index (χ2n) is 6.61. The van der Waals surface area contributed by atoms with Crippen LogP contribution in [-0.4, -0.2) is 40.6 Å². The van der Waals surface area contributed by atoms with Crippen LogP contribution < -0.4 is 0 Å². The fraction of sp³-hybridized carbons (Fsp3) is 0.474. The Bertz CT molecular complexity index is 695. The van der Waals surface area contributed by atoms with Crippen LogP contribution in [-0.2, 0) is 0 Å². The molecule has 1 aliphatic rings. The average molecular weight is 328 g/mol. The average Bonchev–Trinajstić information content (AvgIpc) is 3.16. The molecule has 128 valence electrons. The van der Waals surface area contributed by atoms with Crippen molar-refractivity contribution in [3.05, 3.63) is 41.8 Å². The van der Waals surface area contributed by atoms with Crippen molar-refractivity contribution in [2.24, 2.45) is 5.41 Å². The smallest absolute Gasteiger partial charge is 0.255 e. The standard InChI is InChI=1S/C19H24N2O3/c1-3-19(13-22)8-10-21(11-9-19)18(23)15-6-7-16(20-14(15)2)17-5-4-12-24-17/h4-7,12,22H,3,8-11,13H2,1-2H3. The van der Waals surface area contributed by atoms with E-state index in [2.05, 4.69) is 11.9 Å². The zero-order valence-corrected chi connectivity index (χ0v) is 14.3. The number of aromatic nitrogens is 1. The number of aryl methyl sites for hydroxylation is 1. The fourth-order valence-electron chi connectivity index (χ4n) is 3.33. The molecule has 0 bridgehead atoms. The van der Waals surface area contributed by atoms with Gasteiger partial charge in [0.05, 0.1) is 17.5 Å². The molecule has 1 aliphatic heterocycles. The van der Waals surface area contributed by atoms with Crippen LogP contribution in [0.3, 0.4) is 0 Å². The van der Waals surface area contributed by atoms with E-state index in [1.165, 1.54) is 0 Å². The van der Waals surface area contributed by atoms with Gasteiger partial charge >= 0.3 is 0 Å². The van der Waals surface area contributed by atoms with Crippen LogP contribution in [0.5, 0.6) is 0 Å². The minimum atomic E-state index is -0.0206. The lowest BCUT2D eigenvalue weighted by Crippen LogP contribution is -2.44. The Morgan fingerprint density at radius 1 is 1.33 bits per heavy atom. The number of carbonyl (C=O) groups is 1. The van der Waals surface area contributed by atoms with Crippen LogP contribution in [0.2, 0.25) is 0 Å². The first-order chi connectivity index (χ1) is 11.6. The predicted molar refractivity (Wildman–Crippen MR) is 91.6 cm³/mol. The summed E-state index contributed by atoms with van der Waals surface area (Å²) in [5.41, 5.74) is 2.06. The van der Waals surface area contributed by atoms with E-state index in [1.54, 1.807) is 6.26 Å². The maximum absolute atomic E-state index is 12.8. The van der Waals surface area contributed by atoms with Crippen molar-refractivity contribution >= 4 is 5.91 Å². The van der Waals surface area contributed by atoms with Crippen molar-refractivity contribution in [1.82, 2.24) is 9.88 Å². The van der Waals surface area contributed by atoms with Gasteiger partial charge in [0, 0.05) is 19.7 Å². The largest absolute Gasteiger partial charge is 0.463 e. The van der Waals surface area contributed by atoms with E-state index in [4.69, 9.17) is 4.42 Å². The van der Waals surface area contributed by atoms with Gasteiger partial charge in [-0.2, -0.15) is 0 Å². The van der Waals surface area contributed by atoms with Crippen molar-refractivity contribution in [2.75, 3.05) is 19.7 Å². The molecule has 0 saturated carbocycles. The monoisotopic (exact) mass is 328 g/mol. The molecule has 5 nitrogen and oxygen atoms in total. The van der Waals surface area contributed by atoms with E-state index in [0.717, 1.165) is 25.0 Å². The summed E-state index contributed by atoms with van der Waals surface area (Å²) in [5, 5.41) is 9.63. The molecule has 3 heterocycles. The Hall–Kier alpha value is -2.14. The number of carbonyl (C=O) groups excluding carboxylic acids is 1. The lowest BCUT2D eigenvalue weighted by molar-refractivity contribution is 0.0337. The number of hydrogen-bond acceptors (Lipinski definition) is 4. The van der Waals surface area contributed by atoms with Gasteiger partial charge in [0.25, 0.3) is 5.91 Å². The Labute approximate surface area is 142 Å². The number of nitrogens with zero attached hydrogens (tertiary/aromatic N) is 2. The third-order valence-corrected chi connectivity index (χ3v) is 5.29. The highest BCUT2D eigenvalue weighted by atomic mass is 16.3. The molecule has 1 saturated heterocycles. The highest BCUT2D eigenvalue weighted by molar-refractivity contribution is 5.95. The molecule has 24 heavy (non-hydrogen) atoms. The molecule has 2 aromatic rings. The lowest BCUT2D eigenvalue weighted by Gasteiger charge is -2.40. The van der Waals surface area contributed by atoms with Gasteiger partial charge in [0.2, 0.25) is 0 Å². The molecule has 0 aromatic carbocycles. The predicted octanol–water partition coefficient (Wildman–Crippen LogP) is 3.27. The van der Waals surface area contributed by atoms with Crippen LogP contribution in [0.1, 0.15) is 42.2 Å². The summed E-state index contributed by atoms with van der Waals surface area (Å²) < 4.78 is 5.36. The highest BCUT2D eigenvalue weighted by Gasteiger charge is 2.34. The van der Waals surface area contributed by atoms with Gasteiger partial charge in [-0.1, -0.05) is 6.92 Å². The Morgan fingerprint density at radius 2 is 2.08 bits per heavy atom. The van der Waals surface area contributed by atoms with E-state index in [0.29, 0.717) is 30.1 Å². The van der Waals surface area contributed by atoms with E-state index >= 15 is 0 Å². The minimum absolute atomic E-state index is 0.0206. The van der Waals surface area contributed by atoms with Crippen molar-refractivity contribution < 1.29 is 14.3 Å². The molecule has 1 amide bonds. The minimum Gasteiger partial charge on any atom is -0.463 e. The van der Waals surface area contributed by atoms with Gasteiger partial charge < -0.3 is 14.4 Å². The van der Waals surface area contributed by atoms with Gasteiger partial charge in [-0.05, 0) is 55.9 Å². The molecule has 3 rings (SSSR count). The summed E-state index contributed by atoms with van der Waals surface area (Å²) in [6.45, 7) is 5.53. The molecule has 0 unspecified atom stereocenters. The van der Waals surface area contributed by atoms with Crippen molar-refractivity contribution in [3.8, 4) is 11.5 Å². The van der Waals surface area contributed by atoms with Crippen molar-refractivity contribution in [3.63, 3.8) is 0 Å². The van der Waals surface area contributed by atoms with Gasteiger partial charge in [-0.25, -0.2) is 4.98 Å². The van der Waals surface area contributed by atoms with E-state index < -0.39 is 0 Å². The number of aliphatic hydroxyl groups excluding tert-OH is 1. The number of pyridine rings is 1.